The highest BCUT2D eigenvalue weighted by atomic mass is 16.6. The minimum absolute atomic E-state index is 0.00722. The predicted molar refractivity (Wildman–Crippen MR) is 102 cm³/mol. The lowest BCUT2D eigenvalue weighted by Crippen LogP contribution is -2.36. The fourth-order valence-corrected chi connectivity index (χ4v) is 2.89. The molecule has 2 rings (SSSR count). The van der Waals surface area contributed by atoms with Crippen LogP contribution in [0.2, 0.25) is 0 Å². The van der Waals surface area contributed by atoms with Gasteiger partial charge in [0, 0.05) is 26.2 Å². The Morgan fingerprint density at radius 3 is 2.04 bits per heavy atom. The molecule has 6 heteroatoms. The van der Waals surface area contributed by atoms with Crippen LogP contribution >= 0.6 is 0 Å². The van der Waals surface area contributed by atoms with E-state index in [0.717, 1.165) is 25.7 Å². The summed E-state index contributed by atoms with van der Waals surface area (Å²) in [6, 6.07) is 8.19. The summed E-state index contributed by atoms with van der Waals surface area (Å²) in [5, 5.41) is 5.75. The second kappa shape index (κ2) is 9.46. The Bertz CT molecular complexity index is 586. The molecule has 0 atom stereocenters. The van der Waals surface area contributed by atoms with E-state index in [0.29, 0.717) is 26.2 Å². The summed E-state index contributed by atoms with van der Waals surface area (Å²) in [7, 11) is 0. The van der Waals surface area contributed by atoms with Gasteiger partial charge >= 0.3 is 12.1 Å². The molecule has 6 nitrogen and oxygen atoms in total. The highest BCUT2D eigenvalue weighted by Crippen LogP contribution is 2.21. The van der Waals surface area contributed by atoms with Gasteiger partial charge in [-0.25, -0.2) is 9.59 Å². The van der Waals surface area contributed by atoms with Gasteiger partial charge < -0.3 is 20.3 Å². The topological polar surface area (TPSA) is 70.7 Å². The van der Waals surface area contributed by atoms with Crippen molar-refractivity contribution in [3.63, 3.8) is 0 Å². The molecule has 1 aliphatic rings. The van der Waals surface area contributed by atoms with Crippen LogP contribution in [-0.2, 0) is 17.8 Å². The van der Waals surface area contributed by atoms with E-state index in [1.165, 1.54) is 11.1 Å². The van der Waals surface area contributed by atoms with Gasteiger partial charge in [-0.3, -0.25) is 0 Å². The molecule has 1 aliphatic heterocycles. The molecule has 1 heterocycles. The maximum atomic E-state index is 12.2. The number of nitrogens with zero attached hydrogens (tertiary/aromatic N) is 1. The van der Waals surface area contributed by atoms with E-state index in [2.05, 4.69) is 22.8 Å². The van der Waals surface area contributed by atoms with E-state index in [1.807, 2.05) is 37.8 Å². The number of fused-ring (bicyclic) bond motifs is 1. The maximum absolute atomic E-state index is 12.2. The number of hydrogen-bond donors (Lipinski definition) is 2. The number of carbonyl (C=O) groups is 2. The van der Waals surface area contributed by atoms with E-state index in [1.54, 1.807) is 0 Å². The molecule has 0 radical (unpaired) electrons. The van der Waals surface area contributed by atoms with Gasteiger partial charge in [-0.05, 0) is 44.7 Å². The Balaban J connectivity index is 1.47. The molecule has 1 aromatic rings. The third kappa shape index (κ3) is 6.94. The molecule has 26 heavy (non-hydrogen) atoms. The monoisotopic (exact) mass is 361 g/mol. The molecule has 0 aromatic heterocycles. The molecule has 0 bridgehead atoms. The van der Waals surface area contributed by atoms with E-state index in [9.17, 15) is 9.59 Å². The van der Waals surface area contributed by atoms with Crippen molar-refractivity contribution in [2.45, 2.75) is 65.1 Å². The van der Waals surface area contributed by atoms with Crippen LogP contribution in [-0.4, -0.2) is 35.7 Å². The summed E-state index contributed by atoms with van der Waals surface area (Å²) < 4.78 is 5.18. The second-order valence-electron chi connectivity index (χ2n) is 7.70. The second-order valence-corrected chi connectivity index (χ2v) is 7.70. The lowest BCUT2D eigenvalue weighted by atomic mass is 10.1. The summed E-state index contributed by atoms with van der Waals surface area (Å²) in [6.07, 6.45) is 3.53. The van der Waals surface area contributed by atoms with Gasteiger partial charge in [0.1, 0.15) is 5.60 Å². The Hall–Kier alpha value is -2.24. The molecule has 0 saturated carbocycles. The van der Waals surface area contributed by atoms with E-state index in [-0.39, 0.29) is 12.1 Å². The lowest BCUT2D eigenvalue weighted by Gasteiger charge is -2.19. The molecule has 0 fully saturated rings. The van der Waals surface area contributed by atoms with Crippen LogP contribution in [0, 0.1) is 0 Å². The quantitative estimate of drug-likeness (QED) is 0.726. The van der Waals surface area contributed by atoms with E-state index >= 15 is 0 Å². The van der Waals surface area contributed by atoms with Crippen molar-refractivity contribution in [1.29, 1.82) is 0 Å². The molecular weight excluding hydrogens is 330 g/mol. The van der Waals surface area contributed by atoms with Gasteiger partial charge in [-0.1, -0.05) is 37.1 Å². The highest BCUT2D eigenvalue weighted by molar-refractivity contribution is 5.75. The zero-order valence-electron chi connectivity index (χ0n) is 16.1. The molecular formula is C20H31N3O3. The molecule has 0 spiro atoms. The summed E-state index contributed by atoms with van der Waals surface area (Å²) in [5.41, 5.74) is 2.01. The maximum Gasteiger partial charge on any atom is 0.407 e. The summed E-state index contributed by atoms with van der Waals surface area (Å²) in [4.78, 5) is 25.5. The van der Waals surface area contributed by atoms with Gasteiger partial charge in [0.25, 0.3) is 0 Å². The molecule has 0 unspecified atom stereocenters. The Morgan fingerprint density at radius 2 is 1.50 bits per heavy atom. The van der Waals surface area contributed by atoms with E-state index in [4.69, 9.17) is 4.74 Å². The van der Waals surface area contributed by atoms with Gasteiger partial charge in [0.15, 0.2) is 0 Å². The standard InChI is InChI=1S/C20H31N3O3/c1-20(2,3)26-19(25)22-13-9-5-4-8-12-21-18(24)23-14-16-10-6-7-11-17(16)15-23/h6-7,10-11H,4-5,8-9,12-15H2,1-3H3,(H,21,24)(H,22,25). The number of amides is 3. The Kier molecular flexibility index (Phi) is 7.30. The predicted octanol–water partition coefficient (Wildman–Crippen LogP) is 3.80. The van der Waals surface area contributed by atoms with Crippen LogP contribution in [0.5, 0.6) is 0 Å². The normalized spacial score (nSPS) is 13.3. The van der Waals surface area contributed by atoms with Crippen molar-refractivity contribution >= 4 is 12.1 Å². The van der Waals surface area contributed by atoms with Gasteiger partial charge in [-0.15, -0.1) is 0 Å². The third-order valence-electron chi connectivity index (χ3n) is 4.18. The smallest absolute Gasteiger partial charge is 0.407 e. The highest BCUT2D eigenvalue weighted by Gasteiger charge is 2.22. The first-order chi connectivity index (χ1) is 12.3. The Morgan fingerprint density at radius 1 is 0.962 bits per heavy atom. The first-order valence-electron chi connectivity index (χ1n) is 9.41. The molecule has 0 saturated heterocycles. The van der Waals surface area contributed by atoms with Crippen molar-refractivity contribution in [3.05, 3.63) is 35.4 Å². The number of carbonyl (C=O) groups excluding carboxylic acids is 2. The summed E-state index contributed by atoms with van der Waals surface area (Å²) >= 11 is 0. The third-order valence-corrected chi connectivity index (χ3v) is 4.18. The van der Waals surface area contributed by atoms with Crippen molar-refractivity contribution in [2.75, 3.05) is 13.1 Å². The molecule has 3 amide bonds. The van der Waals surface area contributed by atoms with Crippen molar-refractivity contribution < 1.29 is 14.3 Å². The molecule has 1 aromatic carbocycles. The van der Waals surface area contributed by atoms with E-state index < -0.39 is 5.60 Å². The van der Waals surface area contributed by atoms with Gasteiger partial charge in [0.2, 0.25) is 0 Å². The number of alkyl carbamates (subject to hydrolysis) is 1. The summed E-state index contributed by atoms with van der Waals surface area (Å²) in [5.74, 6) is 0. The SMILES string of the molecule is CC(C)(C)OC(=O)NCCCCCCNC(=O)N1Cc2ccccc2C1. The van der Waals surface area contributed by atoms with Crippen LogP contribution in [0.4, 0.5) is 9.59 Å². The van der Waals surface area contributed by atoms with Crippen LogP contribution in [0.15, 0.2) is 24.3 Å². The zero-order chi connectivity index (χ0) is 19.0. The number of urea groups is 1. The Labute approximate surface area is 156 Å². The van der Waals surface area contributed by atoms with Gasteiger partial charge in [0.05, 0.1) is 0 Å². The van der Waals surface area contributed by atoms with Crippen LogP contribution in [0.1, 0.15) is 57.6 Å². The number of unbranched alkanes of at least 4 members (excludes halogenated alkanes) is 3. The number of rotatable bonds is 7. The van der Waals surface area contributed by atoms with Crippen LogP contribution in [0.25, 0.3) is 0 Å². The fraction of sp³-hybridized carbons (Fsp3) is 0.600. The van der Waals surface area contributed by atoms with Crippen LogP contribution < -0.4 is 10.6 Å². The van der Waals surface area contributed by atoms with Gasteiger partial charge in [-0.2, -0.15) is 0 Å². The van der Waals surface area contributed by atoms with Crippen molar-refractivity contribution in [1.82, 2.24) is 15.5 Å². The molecule has 2 N–H and O–H groups in total. The minimum atomic E-state index is -0.459. The zero-order valence-corrected chi connectivity index (χ0v) is 16.1. The number of hydrogen-bond acceptors (Lipinski definition) is 3. The van der Waals surface area contributed by atoms with Crippen LogP contribution in [0.3, 0.4) is 0 Å². The average Bonchev–Trinajstić information content (AvgIpc) is 2.99. The average molecular weight is 361 g/mol. The number of nitrogens with one attached hydrogen (secondary N) is 2. The first-order valence-corrected chi connectivity index (χ1v) is 9.41. The van der Waals surface area contributed by atoms with Crippen molar-refractivity contribution in [3.8, 4) is 0 Å². The van der Waals surface area contributed by atoms with Crippen molar-refractivity contribution in [2.24, 2.45) is 0 Å². The number of ether oxygens (including phenoxy) is 1. The largest absolute Gasteiger partial charge is 0.444 e. The molecule has 144 valence electrons. The minimum Gasteiger partial charge on any atom is -0.444 e. The first kappa shape index (κ1) is 20.1. The number of benzene rings is 1. The summed E-state index contributed by atoms with van der Waals surface area (Å²) in [6.45, 7) is 8.24. The lowest BCUT2D eigenvalue weighted by molar-refractivity contribution is 0.0527. The fourth-order valence-electron chi connectivity index (χ4n) is 2.89. The molecule has 0 aliphatic carbocycles.